The minimum absolute atomic E-state index is 0.0434. The van der Waals surface area contributed by atoms with Crippen molar-refractivity contribution in [3.63, 3.8) is 0 Å². The molecule has 2 atom stereocenters. The summed E-state index contributed by atoms with van der Waals surface area (Å²) in [4.78, 5) is 2.03. The summed E-state index contributed by atoms with van der Waals surface area (Å²) < 4.78 is 33.2. The molecule has 1 aliphatic rings. The van der Waals surface area contributed by atoms with Crippen molar-refractivity contribution in [3.05, 3.63) is 52.8 Å². The van der Waals surface area contributed by atoms with Crippen molar-refractivity contribution in [2.75, 3.05) is 18.1 Å². The Morgan fingerprint density at radius 2 is 2.08 bits per heavy atom. The molecular formula is C17H16ClF2N5O. The third-order valence-corrected chi connectivity index (χ3v) is 4.65. The van der Waals surface area contributed by atoms with Gasteiger partial charge in [0.05, 0.1) is 19.2 Å². The van der Waals surface area contributed by atoms with Gasteiger partial charge in [-0.15, -0.1) is 15.3 Å². The second kappa shape index (κ2) is 6.77. The fraction of sp³-hybridized carbons (Fsp3) is 0.353. The van der Waals surface area contributed by atoms with Gasteiger partial charge in [-0.25, -0.2) is 8.78 Å². The predicted octanol–water partition coefficient (Wildman–Crippen LogP) is 3.68. The number of rotatable bonds is 3. The van der Waals surface area contributed by atoms with Crippen LogP contribution in [0.3, 0.4) is 0 Å². The van der Waals surface area contributed by atoms with Gasteiger partial charge in [0.2, 0.25) is 5.82 Å². The SMILES string of the molecule is CC1COC(c2cccc(Cl)c2)CN1c1ccc2nnc(C(F)F)n2n1. The number of halogens is 3. The zero-order valence-corrected chi connectivity index (χ0v) is 14.6. The van der Waals surface area contributed by atoms with Gasteiger partial charge in [0.1, 0.15) is 11.9 Å². The maximum absolute atomic E-state index is 13.1. The standard InChI is InChI=1S/C17H16ClF2N5O/c1-10-9-26-13(11-3-2-4-12(18)7-11)8-24(10)15-6-5-14-21-22-17(16(19)20)25(14)23-15/h2-7,10,13,16H,8-9H2,1H3. The van der Waals surface area contributed by atoms with E-state index >= 15 is 0 Å². The Bertz CT molecular complexity index is 934. The lowest BCUT2D eigenvalue weighted by Crippen LogP contribution is -2.45. The van der Waals surface area contributed by atoms with Crippen LogP contribution in [-0.4, -0.2) is 39.0 Å². The number of aromatic nitrogens is 4. The van der Waals surface area contributed by atoms with Crippen LogP contribution in [0.1, 0.15) is 30.8 Å². The van der Waals surface area contributed by atoms with Crippen LogP contribution >= 0.6 is 11.6 Å². The summed E-state index contributed by atoms with van der Waals surface area (Å²) in [6, 6.07) is 10.9. The van der Waals surface area contributed by atoms with Crippen LogP contribution in [0.5, 0.6) is 0 Å². The van der Waals surface area contributed by atoms with Crippen molar-refractivity contribution < 1.29 is 13.5 Å². The first-order valence-electron chi connectivity index (χ1n) is 8.17. The van der Waals surface area contributed by atoms with Crippen molar-refractivity contribution in [2.24, 2.45) is 0 Å². The lowest BCUT2D eigenvalue weighted by molar-refractivity contribution is 0.0211. The largest absolute Gasteiger partial charge is 0.370 e. The van der Waals surface area contributed by atoms with Crippen molar-refractivity contribution in [3.8, 4) is 0 Å². The van der Waals surface area contributed by atoms with E-state index in [2.05, 4.69) is 15.3 Å². The summed E-state index contributed by atoms with van der Waals surface area (Å²) in [6.07, 6.45) is -2.92. The Hall–Kier alpha value is -2.32. The van der Waals surface area contributed by atoms with Gasteiger partial charge in [0.25, 0.3) is 6.43 Å². The molecule has 26 heavy (non-hydrogen) atoms. The maximum atomic E-state index is 13.1. The summed E-state index contributed by atoms with van der Waals surface area (Å²) in [5.41, 5.74) is 1.25. The molecule has 1 saturated heterocycles. The lowest BCUT2D eigenvalue weighted by atomic mass is 10.1. The summed E-state index contributed by atoms with van der Waals surface area (Å²) in [5, 5.41) is 12.2. The van der Waals surface area contributed by atoms with Crippen LogP contribution < -0.4 is 4.90 Å². The molecule has 0 saturated carbocycles. The van der Waals surface area contributed by atoms with E-state index in [0.29, 0.717) is 24.0 Å². The van der Waals surface area contributed by atoms with Gasteiger partial charge in [-0.1, -0.05) is 23.7 Å². The average molecular weight is 380 g/mol. The molecule has 6 nitrogen and oxygen atoms in total. The number of morpholine rings is 1. The molecule has 9 heteroatoms. The van der Waals surface area contributed by atoms with Crippen molar-refractivity contribution in [1.82, 2.24) is 19.8 Å². The molecule has 1 fully saturated rings. The van der Waals surface area contributed by atoms with Crippen LogP contribution in [0.25, 0.3) is 5.65 Å². The predicted molar refractivity (Wildman–Crippen MR) is 92.7 cm³/mol. The van der Waals surface area contributed by atoms with E-state index in [4.69, 9.17) is 16.3 Å². The molecule has 0 amide bonds. The van der Waals surface area contributed by atoms with Crippen LogP contribution in [0.2, 0.25) is 5.02 Å². The second-order valence-electron chi connectivity index (χ2n) is 6.20. The maximum Gasteiger partial charge on any atom is 0.299 e. The van der Waals surface area contributed by atoms with Crippen LogP contribution in [0.15, 0.2) is 36.4 Å². The lowest BCUT2D eigenvalue weighted by Gasteiger charge is -2.38. The Labute approximate surface area is 153 Å². The quantitative estimate of drug-likeness (QED) is 0.694. The summed E-state index contributed by atoms with van der Waals surface area (Å²) >= 11 is 6.08. The van der Waals surface area contributed by atoms with Gasteiger partial charge in [-0.3, -0.25) is 0 Å². The number of fused-ring (bicyclic) bond motifs is 1. The van der Waals surface area contributed by atoms with E-state index in [-0.39, 0.29) is 17.8 Å². The third kappa shape index (κ3) is 3.10. The molecule has 4 rings (SSSR count). The molecule has 0 aliphatic carbocycles. The highest BCUT2D eigenvalue weighted by Gasteiger charge is 2.29. The Morgan fingerprint density at radius 3 is 2.85 bits per heavy atom. The van der Waals surface area contributed by atoms with Crippen molar-refractivity contribution >= 4 is 23.1 Å². The molecule has 2 unspecified atom stereocenters. The van der Waals surface area contributed by atoms with Gasteiger partial charge in [0, 0.05) is 5.02 Å². The number of alkyl halides is 2. The van der Waals surface area contributed by atoms with E-state index in [1.54, 1.807) is 12.1 Å². The summed E-state index contributed by atoms with van der Waals surface area (Å²) in [7, 11) is 0. The number of hydrogen-bond donors (Lipinski definition) is 0. The monoisotopic (exact) mass is 379 g/mol. The van der Waals surface area contributed by atoms with E-state index in [0.717, 1.165) is 10.1 Å². The van der Waals surface area contributed by atoms with Crippen molar-refractivity contribution in [1.29, 1.82) is 0 Å². The second-order valence-corrected chi connectivity index (χ2v) is 6.64. The molecule has 3 aromatic rings. The van der Waals surface area contributed by atoms with Gasteiger partial charge in [0.15, 0.2) is 5.65 Å². The highest BCUT2D eigenvalue weighted by molar-refractivity contribution is 6.30. The molecule has 1 aromatic carbocycles. The molecule has 0 bridgehead atoms. The molecule has 3 heterocycles. The minimum atomic E-state index is -2.74. The third-order valence-electron chi connectivity index (χ3n) is 4.42. The molecule has 0 N–H and O–H groups in total. The topological polar surface area (TPSA) is 55.5 Å². The minimum Gasteiger partial charge on any atom is -0.370 e. The fourth-order valence-electron chi connectivity index (χ4n) is 3.07. The Balaban J connectivity index is 1.67. The van der Waals surface area contributed by atoms with Gasteiger partial charge >= 0.3 is 0 Å². The first-order chi connectivity index (χ1) is 12.5. The van der Waals surface area contributed by atoms with Crippen molar-refractivity contribution in [2.45, 2.75) is 25.5 Å². The van der Waals surface area contributed by atoms with E-state index in [9.17, 15) is 8.78 Å². The smallest absolute Gasteiger partial charge is 0.299 e. The summed E-state index contributed by atoms with van der Waals surface area (Å²) in [6.45, 7) is 3.02. The van der Waals surface area contributed by atoms with E-state index in [1.165, 1.54) is 0 Å². The molecule has 136 valence electrons. The average Bonchev–Trinajstić information content (AvgIpc) is 3.05. The number of benzene rings is 1. The number of hydrogen-bond acceptors (Lipinski definition) is 5. The Kier molecular flexibility index (Phi) is 4.46. The van der Waals surface area contributed by atoms with Crippen LogP contribution in [-0.2, 0) is 4.74 Å². The highest BCUT2D eigenvalue weighted by atomic mass is 35.5. The first-order valence-corrected chi connectivity index (χ1v) is 8.55. The summed E-state index contributed by atoms with van der Waals surface area (Å²) in [5.74, 6) is 0.108. The molecule has 1 aliphatic heterocycles. The van der Waals surface area contributed by atoms with E-state index < -0.39 is 12.2 Å². The normalized spacial score (nSPS) is 20.9. The highest BCUT2D eigenvalue weighted by Crippen LogP contribution is 2.29. The number of nitrogens with zero attached hydrogens (tertiary/aromatic N) is 5. The molecular weight excluding hydrogens is 364 g/mol. The van der Waals surface area contributed by atoms with Crippen LogP contribution in [0.4, 0.5) is 14.6 Å². The fourth-order valence-corrected chi connectivity index (χ4v) is 3.27. The van der Waals surface area contributed by atoms with Gasteiger partial charge in [-0.05, 0) is 36.8 Å². The molecule has 0 radical (unpaired) electrons. The molecule has 0 spiro atoms. The van der Waals surface area contributed by atoms with Gasteiger partial charge in [-0.2, -0.15) is 4.52 Å². The van der Waals surface area contributed by atoms with Gasteiger partial charge < -0.3 is 9.64 Å². The Morgan fingerprint density at radius 1 is 1.23 bits per heavy atom. The zero-order valence-electron chi connectivity index (χ0n) is 13.9. The van der Waals surface area contributed by atoms with Crippen LogP contribution in [0, 0.1) is 0 Å². The molecule has 2 aromatic heterocycles. The van der Waals surface area contributed by atoms with E-state index in [1.807, 2.05) is 36.1 Å². The number of anilines is 1. The number of ether oxygens (including phenoxy) is 1. The zero-order chi connectivity index (χ0) is 18.3. The first kappa shape index (κ1) is 17.1.